The summed E-state index contributed by atoms with van der Waals surface area (Å²) in [7, 11) is 1.43. The third-order valence-electron chi connectivity index (χ3n) is 4.87. The van der Waals surface area contributed by atoms with Crippen molar-refractivity contribution in [1.29, 1.82) is 0 Å². The van der Waals surface area contributed by atoms with Crippen LogP contribution in [0.5, 0.6) is 11.5 Å². The zero-order chi connectivity index (χ0) is 23.3. The maximum atomic E-state index is 12.9. The summed E-state index contributed by atoms with van der Waals surface area (Å²) in [4.78, 5) is 39.8. The smallest absolute Gasteiger partial charge is 0.341 e. The molecule has 32 heavy (non-hydrogen) atoms. The van der Waals surface area contributed by atoms with E-state index in [4.69, 9.17) is 14.6 Å². The first-order chi connectivity index (χ1) is 15.4. The van der Waals surface area contributed by atoms with E-state index in [1.807, 2.05) is 12.1 Å². The molecular formula is C23H24N2O6S. The Morgan fingerprint density at radius 2 is 1.78 bits per heavy atom. The average Bonchev–Trinajstić information content (AvgIpc) is 3.06. The van der Waals surface area contributed by atoms with Gasteiger partial charge < -0.3 is 19.5 Å². The number of anilines is 2. The number of carboxylic acids is 1. The molecule has 2 amide bonds. The van der Waals surface area contributed by atoms with Crippen LogP contribution >= 0.6 is 11.8 Å². The third kappa shape index (κ3) is 5.05. The summed E-state index contributed by atoms with van der Waals surface area (Å²) in [6.45, 7) is 5.37. The summed E-state index contributed by atoms with van der Waals surface area (Å²) in [6.07, 6.45) is 1.60. The first kappa shape index (κ1) is 23.2. The van der Waals surface area contributed by atoms with Crippen LogP contribution < -0.4 is 19.3 Å². The van der Waals surface area contributed by atoms with Crippen molar-refractivity contribution in [3.05, 3.63) is 52.9 Å². The normalized spacial score (nSPS) is 14.7. The minimum Gasteiger partial charge on any atom is -0.493 e. The van der Waals surface area contributed by atoms with E-state index in [9.17, 15) is 14.4 Å². The molecule has 0 spiro atoms. The first-order valence-electron chi connectivity index (χ1n) is 10.0. The number of carbonyl (C=O) groups is 3. The van der Waals surface area contributed by atoms with Crippen LogP contribution in [-0.2, 0) is 9.59 Å². The Morgan fingerprint density at radius 1 is 1.09 bits per heavy atom. The van der Waals surface area contributed by atoms with Crippen molar-refractivity contribution in [1.82, 2.24) is 0 Å². The molecule has 2 aromatic carbocycles. The Hall–Kier alpha value is -3.46. The summed E-state index contributed by atoms with van der Waals surface area (Å²) in [5, 5.41) is 8.40. The van der Waals surface area contributed by atoms with Gasteiger partial charge in [0.15, 0.2) is 18.1 Å². The molecule has 2 aromatic rings. The van der Waals surface area contributed by atoms with E-state index in [0.717, 1.165) is 35.4 Å². The van der Waals surface area contributed by atoms with Gasteiger partial charge in [-0.1, -0.05) is 6.07 Å². The van der Waals surface area contributed by atoms with Crippen LogP contribution in [0.2, 0.25) is 0 Å². The number of nitrogens with zero attached hydrogens (tertiary/aromatic N) is 2. The minimum absolute atomic E-state index is 0.272. The van der Waals surface area contributed by atoms with E-state index < -0.39 is 18.5 Å². The van der Waals surface area contributed by atoms with Gasteiger partial charge in [0.1, 0.15) is 0 Å². The highest BCUT2D eigenvalue weighted by Gasteiger charge is 2.36. The lowest BCUT2D eigenvalue weighted by Crippen LogP contribution is -2.28. The third-order valence-corrected chi connectivity index (χ3v) is 5.74. The molecule has 0 aromatic heterocycles. The molecule has 0 saturated carbocycles. The fraction of sp³-hybridized carbons (Fsp3) is 0.261. The van der Waals surface area contributed by atoms with Gasteiger partial charge in [0.2, 0.25) is 0 Å². The second-order valence-electron chi connectivity index (χ2n) is 6.80. The van der Waals surface area contributed by atoms with Crippen LogP contribution in [0.4, 0.5) is 16.2 Å². The lowest BCUT2D eigenvalue weighted by Gasteiger charge is -2.22. The second kappa shape index (κ2) is 10.2. The highest BCUT2D eigenvalue weighted by molar-refractivity contribution is 8.19. The Kier molecular flexibility index (Phi) is 7.42. The summed E-state index contributed by atoms with van der Waals surface area (Å²) >= 11 is 0.861. The minimum atomic E-state index is -1.10. The van der Waals surface area contributed by atoms with Gasteiger partial charge in [-0.2, -0.15) is 0 Å². The van der Waals surface area contributed by atoms with Gasteiger partial charge >= 0.3 is 5.97 Å². The van der Waals surface area contributed by atoms with Gasteiger partial charge in [-0.3, -0.25) is 9.59 Å². The van der Waals surface area contributed by atoms with Crippen molar-refractivity contribution < 1.29 is 29.0 Å². The van der Waals surface area contributed by atoms with Gasteiger partial charge in [0.25, 0.3) is 11.1 Å². The highest BCUT2D eigenvalue weighted by atomic mass is 32.2. The summed E-state index contributed by atoms with van der Waals surface area (Å²) in [5.41, 5.74) is 2.16. The maximum absolute atomic E-state index is 12.9. The van der Waals surface area contributed by atoms with Crippen molar-refractivity contribution >= 4 is 46.3 Å². The first-order valence-corrected chi connectivity index (χ1v) is 10.8. The zero-order valence-corrected chi connectivity index (χ0v) is 18.8. The van der Waals surface area contributed by atoms with Crippen LogP contribution in [-0.4, -0.2) is 49.0 Å². The highest BCUT2D eigenvalue weighted by Crippen LogP contribution is 2.37. The largest absolute Gasteiger partial charge is 0.493 e. The number of methoxy groups -OCH3 is 1. The molecule has 0 unspecified atom stereocenters. The molecule has 3 rings (SSSR count). The molecule has 1 heterocycles. The SMILES string of the molecule is CCN(CC)c1ccc(N2C(=O)S/C(=C/c3ccc(OCC(=O)O)c(OC)c3)C2=O)cc1. The lowest BCUT2D eigenvalue weighted by molar-refractivity contribution is -0.139. The lowest BCUT2D eigenvalue weighted by atomic mass is 10.1. The molecule has 0 atom stereocenters. The molecule has 1 aliphatic rings. The second-order valence-corrected chi connectivity index (χ2v) is 7.79. The number of carboxylic acid groups (broad SMARTS) is 1. The van der Waals surface area contributed by atoms with Gasteiger partial charge in [0, 0.05) is 18.8 Å². The van der Waals surface area contributed by atoms with E-state index in [-0.39, 0.29) is 15.9 Å². The number of thioether (sulfide) groups is 1. The average molecular weight is 457 g/mol. The number of benzene rings is 2. The Labute approximate surface area is 190 Å². The number of amides is 2. The molecule has 0 bridgehead atoms. The van der Waals surface area contributed by atoms with Crippen molar-refractivity contribution in [2.24, 2.45) is 0 Å². The Balaban J connectivity index is 1.81. The quantitative estimate of drug-likeness (QED) is 0.560. The van der Waals surface area contributed by atoms with E-state index in [1.54, 1.807) is 36.4 Å². The molecule has 1 fully saturated rings. The van der Waals surface area contributed by atoms with E-state index in [1.165, 1.54) is 7.11 Å². The van der Waals surface area contributed by atoms with E-state index in [2.05, 4.69) is 18.7 Å². The molecule has 1 N–H and O–H groups in total. The topological polar surface area (TPSA) is 96.4 Å². The molecule has 8 nitrogen and oxygen atoms in total. The van der Waals surface area contributed by atoms with Crippen LogP contribution in [0, 0.1) is 0 Å². The molecule has 1 saturated heterocycles. The Bertz CT molecular complexity index is 1050. The molecule has 0 radical (unpaired) electrons. The predicted octanol–water partition coefficient (Wildman–Crippen LogP) is 4.25. The monoisotopic (exact) mass is 456 g/mol. The van der Waals surface area contributed by atoms with Gasteiger partial charge in [0.05, 0.1) is 17.7 Å². The van der Waals surface area contributed by atoms with Crippen molar-refractivity contribution in [2.75, 3.05) is 36.6 Å². The zero-order valence-electron chi connectivity index (χ0n) is 18.0. The van der Waals surface area contributed by atoms with Crippen LogP contribution in [0.15, 0.2) is 47.4 Å². The number of carbonyl (C=O) groups excluding carboxylic acids is 2. The van der Waals surface area contributed by atoms with E-state index in [0.29, 0.717) is 17.0 Å². The summed E-state index contributed by atoms with van der Waals surface area (Å²) in [5.74, 6) is -0.907. The van der Waals surface area contributed by atoms with Crippen molar-refractivity contribution in [3.63, 3.8) is 0 Å². The predicted molar refractivity (Wildman–Crippen MR) is 125 cm³/mol. The molecule has 168 valence electrons. The summed E-state index contributed by atoms with van der Waals surface area (Å²) < 4.78 is 10.4. The molecule has 9 heteroatoms. The van der Waals surface area contributed by atoms with E-state index >= 15 is 0 Å². The Morgan fingerprint density at radius 3 is 2.38 bits per heavy atom. The number of rotatable bonds is 9. The van der Waals surface area contributed by atoms with Crippen LogP contribution in [0.1, 0.15) is 19.4 Å². The van der Waals surface area contributed by atoms with Crippen LogP contribution in [0.25, 0.3) is 6.08 Å². The number of ether oxygens (including phenoxy) is 2. The van der Waals surface area contributed by atoms with Crippen molar-refractivity contribution in [2.45, 2.75) is 13.8 Å². The van der Waals surface area contributed by atoms with Gasteiger partial charge in [-0.25, -0.2) is 9.69 Å². The number of imide groups is 1. The summed E-state index contributed by atoms with van der Waals surface area (Å²) in [6, 6.07) is 12.2. The van der Waals surface area contributed by atoms with Gasteiger partial charge in [-0.05, 0) is 73.6 Å². The van der Waals surface area contributed by atoms with Crippen LogP contribution in [0.3, 0.4) is 0 Å². The number of aliphatic carboxylic acids is 1. The fourth-order valence-corrected chi connectivity index (χ4v) is 4.12. The number of hydrogen-bond acceptors (Lipinski definition) is 7. The molecule has 0 aliphatic carbocycles. The maximum Gasteiger partial charge on any atom is 0.341 e. The van der Waals surface area contributed by atoms with Gasteiger partial charge in [-0.15, -0.1) is 0 Å². The standard InChI is InChI=1S/C23H24N2O6S/c1-4-24(5-2)16-7-9-17(10-8-16)25-22(28)20(32-23(25)29)13-15-6-11-18(19(12-15)30-3)31-14-21(26)27/h6-13H,4-5,14H2,1-3H3,(H,26,27)/b20-13+. The fourth-order valence-electron chi connectivity index (χ4n) is 3.28. The molecular weight excluding hydrogens is 432 g/mol. The molecule has 1 aliphatic heterocycles. The van der Waals surface area contributed by atoms with Crippen molar-refractivity contribution in [3.8, 4) is 11.5 Å². The number of hydrogen-bond donors (Lipinski definition) is 1.